The van der Waals surface area contributed by atoms with Gasteiger partial charge in [0.1, 0.15) is 0 Å². The molecule has 2 N–H and O–H groups in total. The zero-order valence-electron chi connectivity index (χ0n) is 11.3. The number of rotatable bonds is 4. The number of carbonyl (C=O) groups excluding carboxylic acids is 1. The minimum Gasteiger partial charge on any atom is -0.462 e. The number of carbonyl (C=O) groups is 1. The summed E-state index contributed by atoms with van der Waals surface area (Å²) in [6.45, 7) is 3.97. The Hall–Kier alpha value is -1.85. The highest BCUT2D eigenvalue weighted by Gasteiger charge is 2.12. The lowest BCUT2D eigenvalue weighted by Gasteiger charge is -2.09. The summed E-state index contributed by atoms with van der Waals surface area (Å²) in [5, 5.41) is 4.65. The first-order chi connectivity index (χ1) is 9.52. The largest absolute Gasteiger partial charge is 0.462 e. The minimum atomic E-state index is -0.401. The molecule has 1 aromatic heterocycles. The zero-order chi connectivity index (χ0) is 14.7. The van der Waals surface area contributed by atoms with E-state index in [-0.39, 0.29) is 6.04 Å². The maximum Gasteiger partial charge on any atom is 0.341 e. The highest BCUT2D eigenvalue weighted by Crippen LogP contribution is 2.24. The van der Waals surface area contributed by atoms with Crippen molar-refractivity contribution in [1.29, 1.82) is 0 Å². The molecule has 0 saturated heterocycles. The molecule has 1 atom stereocenters. The van der Waals surface area contributed by atoms with E-state index in [1.54, 1.807) is 23.9 Å². The summed E-state index contributed by atoms with van der Waals surface area (Å²) in [4.78, 5) is 11.6. The van der Waals surface area contributed by atoms with Gasteiger partial charge in [-0.15, -0.1) is 0 Å². The van der Waals surface area contributed by atoms with Crippen LogP contribution in [-0.4, -0.2) is 22.4 Å². The lowest BCUT2D eigenvalue weighted by atomic mass is 10.1. The normalized spacial score (nSPS) is 12.2. The monoisotopic (exact) mass is 293 g/mol. The molecule has 1 heterocycles. The van der Waals surface area contributed by atoms with Gasteiger partial charge in [0.25, 0.3) is 0 Å². The van der Waals surface area contributed by atoms with Gasteiger partial charge in [0, 0.05) is 12.2 Å². The average molecular weight is 294 g/mol. The van der Waals surface area contributed by atoms with Crippen molar-refractivity contribution in [2.24, 2.45) is 5.73 Å². The number of aromatic nitrogens is 2. The molecule has 0 aliphatic carbocycles. The van der Waals surface area contributed by atoms with E-state index in [1.807, 2.05) is 19.1 Å². The number of hydrogen-bond donors (Lipinski definition) is 1. The smallest absolute Gasteiger partial charge is 0.341 e. The van der Waals surface area contributed by atoms with Crippen molar-refractivity contribution in [2.45, 2.75) is 19.9 Å². The average Bonchev–Trinajstić information content (AvgIpc) is 2.88. The molecule has 0 unspecified atom stereocenters. The van der Waals surface area contributed by atoms with Crippen molar-refractivity contribution in [3.63, 3.8) is 0 Å². The van der Waals surface area contributed by atoms with Crippen molar-refractivity contribution in [1.82, 2.24) is 9.78 Å². The molecule has 2 rings (SSSR count). The predicted molar refractivity (Wildman–Crippen MR) is 77.1 cm³/mol. The molecular formula is C14H16ClN3O2. The Morgan fingerprint density at radius 3 is 2.90 bits per heavy atom. The molecule has 0 amide bonds. The second kappa shape index (κ2) is 6.07. The Balaban J connectivity index is 2.30. The SMILES string of the molecule is CCOC(=O)c1cnn(-c2ccc([C@@H](C)N)cc2Cl)c1. The van der Waals surface area contributed by atoms with E-state index in [0.717, 1.165) is 5.56 Å². The Labute approximate surface area is 122 Å². The van der Waals surface area contributed by atoms with Gasteiger partial charge in [0.2, 0.25) is 0 Å². The van der Waals surface area contributed by atoms with Crippen LogP contribution in [0.25, 0.3) is 5.69 Å². The van der Waals surface area contributed by atoms with Crippen LogP contribution in [0.2, 0.25) is 5.02 Å². The molecule has 5 nitrogen and oxygen atoms in total. The fraction of sp³-hybridized carbons (Fsp3) is 0.286. The van der Waals surface area contributed by atoms with E-state index in [1.165, 1.54) is 6.20 Å². The van der Waals surface area contributed by atoms with Crippen LogP contribution in [-0.2, 0) is 4.74 Å². The van der Waals surface area contributed by atoms with Gasteiger partial charge in [0.05, 0.1) is 29.1 Å². The third kappa shape index (κ3) is 3.00. The fourth-order valence-corrected chi connectivity index (χ4v) is 2.04. The number of benzene rings is 1. The summed E-state index contributed by atoms with van der Waals surface area (Å²) in [6, 6.07) is 5.42. The number of hydrogen-bond acceptors (Lipinski definition) is 4. The lowest BCUT2D eigenvalue weighted by molar-refractivity contribution is 0.0526. The van der Waals surface area contributed by atoms with E-state index < -0.39 is 5.97 Å². The first kappa shape index (κ1) is 14.6. The summed E-state index contributed by atoms with van der Waals surface area (Å²) in [7, 11) is 0. The van der Waals surface area contributed by atoms with Crippen molar-refractivity contribution in [3.8, 4) is 5.69 Å². The van der Waals surface area contributed by atoms with Crippen molar-refractivity contribution < 1.29 is 9.53 Å². The topological polar surface area (TPSA) is 70.1 Å². The first-order valence-electron chi connectivity index (χ1n) is 6.30. The van der Waals surface area contributed by atoms with Gasteiger partial charge in [0.15, 0.2) is 0 Å². The first-order valence-corrected chi connectivity index (χ1v) is 6.68. The van der Waals surface area contributed by atoms with Crippen LogP contribution < -0.4 is 5.73 Å². The minimum absolute atomic E-state index is 0.0886. The third-order valence-electron chi connectivity index (χ3n) is 2.84. The Kier molecular flexibility index (Phi) is 4.42. The summed E-state index contributed by atoms with van der Waals surface area (Å²) < 4.78 is 6.46. The standard InChI is InChI=1S/C14H16ClN3O2/c1-3-20-14(19)11-7-17-18(8-11)13-5-4-10(9(2)16)6-12(13)15/h4-9H,3,16H2,1-2H3/t9-/m1/s1. The van der Waals surface area contributed by atoms with Gasteiger partial charge in [-0.1, -0.05) is 17.7 Å². The second-order valence-corrected chi connectivity index (χ2v) is 4.80. The van der Waals surface area contributed by atoms with Crippen molar-refractivity contribution in [3.05, 3.63) is 46.7 Å². The zero-order valence-corrected chi connectivity index (χ0v) is 12.1. The summed E-state index contributed by atoms with van der Waals surface area (Å²) in [5.41, 5.74) is 7.82. The van der Waals surface area contributed by atoms with E-state index in [0.29, 0.717) is 22.9 Å². The van der Waals surface area contributed by atoms with E-state index in [9.17, 15) is 4.79 Å². The van der Waals surface area contributed by atoms with Crippen LogP contribution in [0.4, 0.5) is 0 Å². The number of ether oxygens (including phenoxy) is 1. The molecule has 0 aliphatic heterocycles. The third-order valence-corrected chi connectivity index (χ3v) is 3.14. The van der Waals surface area contributed by atoms with Crippen LogP contribution in [0.1, 0.15) is 35.8 Å². The fourth-order valence-electron chi connectivity index (χ4n) is 1.77. The number of halogens is 1. The molecule has 0 saturated carbocycles. The van der Waals surface area contributed by atoms with Crippen LogP contribution in [0.15, 0.2) is 30.6 Å². The Morgan fingerprint density at radius 1 is 1.55 bits per heavy atom. The van der Waals surface area contributed by atoms with Gasteiger partial charge in [-0.05, 0) is 31.5 Å². The Morgan fingerprint density at radius 2 is 2.30 bits per heavy atom. The maximum atomic E-state index is 11.6. The van der Waals surface area contributed by atoms with Gasteiger partial charge in [-0.2, -0.15) is 5.10 Å². The van der Waals surface area contributed by atoms with E-state index in [2.05, 4.69) is 5.10 Å². The highest BCUT2D eigenvalue weighted by molar-refractivity contribution is 6.32. The molecule has 0 radical (unpaired) electrons. The highest BCUT2D eigenvalue weighted by atomic mass is 35.5. The van der Waals surface area contributed by atoms with Gasteiger partial charge < -0.3 is 10.5 Å². The molecule has 106 valence electrons. The molecule has 6 heteroatoms. The predicted octanol–water partition coefficient (Wildman–Crippen LogP) is 2.72. The van der Waals surface area contributed by atoms with Gasteiger partial charge in [-0.3, -0.25) is 0 Å². The number of nitrogens with zero attached hydrogens (tertiary/aromatic N) is 2. The van der Waals surface area contributed by atoms with E-state index >= 15 is 0 Å². The van der Waals surface area contributed by atoms with Gasteiger partial charge >= 0.3 is 5.97 Å². The maximum absolute atomic E-state index is 11.6. The van der Waals surface area contributed by atoms with Crippen LogP contribution in [0, 0.1) is 0 Å². The van der Waals surface area contributed by atoms with Gasteiger partial charge in [-0.25, -0.2) is 9.48 Å². The summed E-state index contributed by atoms with van der Waals surface area (Å²) in [6.07, 6.45) is 3.04. The summed E-state index contributed by atoms with van der Waals surface area (Å²) in [5.74, 6) is -0.401. The second-order valence-electron chi connectivity index (χ2n) is 4.39. The van der Waals surface area contributed by atoms with Crippen molar-refractivity contribution >= 4 is 17.6 Å². The molecular weight excluding hydrogens is 278 g/mol. The van der Waals surface area contributed by atoms with Crippen LogP contribution in [0.3, 0.4) is 0 Å². The Bertz CT molecular complexity index is 623. The van der Waals surface area contributed by atoms with Crippen molar-refractivity contribution in [2.75, 3.05) is 6.61 Å². The molecule has 1 aromatic carbocycles. The van der Waals surface area contributed by atoms with Crippen LogP contribution in [0.5, 0.6) is 0 Å². The molecule has 0 bridgehead atoms. The summed E-state index contributed by atoms with van der Waals surface area (Å²) >= 11 is 6.23. The molecule has 0 aliphatic rings. The lowest BCUT2D eigenvalue weighted by Crippen LogP contribution is -2.06. The molecule has 0 spiro atoms. The quantitative estimate of drug-likeness (QED) is 0.880. The van der Waals surface area contributed by atoms with E-state index in [4.69, 9.17) is 22.1 Å². The number of nitrogens with two attached hydrogens (primary N) is 1. The molecule has 20 heavy (non-hydrogen) atoms. The molecule has 0 fully saturated rings. The molecule has 2 aromatic rings. The van der Waals surface area contributed by atoms with Crippen LogP contribution >= 0.6 is 11.6 Å². The number of esters is 1.